The normalized spacial score (nSPS) is 11.3. The van der Waals surface area contributed by atoms with Crippen LogP contribution in [0, 0.1) is 0 Å². The highest BCUT2D eigenvalue weighted by Crippen LogP contribution is 2.46. The van der Waals surface area contributed by atoms with Crippen molar-refractivity contribution in [2.75, 3.05) is 9.80 Å². The lowest BCUT2D eigenvalue weighted by Gasteiger charge is -2.29. The summed E-state index contributed by atoms with van der Waals surface area (Å²) < 4.78 is 12.9. The molecule has 0 bridgehead atoms. The molecule has 228 valence electrons. The zero-order valence-corrected chi connectivity index (χ0v) is 25.9. The lowest BCUT2D eigenvalue weighted by atomic mass is 10.1. The summed E-state index contributed by atoms with van der Waals surface area (Å²) >= 11 is 0. The zero-order chi connectivity index (χ0) is 31.9. The second kappa shape index (κ2) is 11.6. The van der Waals surface area contributed by atoms with Gasteiger partial charge in [-0.3, -0.25) is 0 Å². The van der Waals surface area contributed by atoms with Gasteiger partial charge in [0.1, 0.15) is 16.7 Å². The monoisotopic (exact) mass is 619 g/mol. The summed E-state index contributed by atoms with van der Waals surface area (Å²) in [6.07, 6.45) is 0. The van der Waals surface area contributed by atoms with Crippen molar-refractivity contribution in [2.24, 2.45) is 0 Å². The summed E-state index contributed by atoms with van der Waals surface area (Å²) in [5.41, 5.74) is 9.98. The minimum absolute atomic E-state index is 0.572. The van der Waals surface area contributed by atoms with Crippen LogP contribution in [-0.4, -0.2) is 4.98 Å². The van der Waals surface area contributed by atoms with Gasteiger partial charge in [-0.1, -0.05) is 91.0 Å². The zero-order valence-electron chi connectivity index (χ0n) is 25.9. The lowest BCUT2D eigenvalue weighted by molar-refractivity contribution is 0.620. The minimum Gasteiger partial charge on any atom is -0.456 e. The summed E-state index contributed by atoms with van der Waals surface area (Å²) in [5.74, 6) is 0.572. The average Bonchev–Trinajstić information content (AvgIpc) is 3.76. The molecule has 48 heavy (non-hydrogen) atoms. The van der Waals surface area contributed by atoms with Crippen LogP contribution in [-0.2, 0) is 0 Å². The Morgan fingerprint density at radius 2 is 0.958 bits per heavy atom. The molecule has 9 aromatic rings. The molecule has 0 aliphatic rings. The molecule has 0 saturated heterocycles. The quantitative estimate of drug-likeness (QED) is 0.178. The van der Waals surface area contributed by atoms with E-state index in [1.165, 1.54) is 0 Å². The van der Waals surface area contributed by atoms with E-state index in [2.05, 4.69) is 125 Å². The smallest absolute Gasteiger partial charge is 0.227 e. The summed E-state index contributed by atoms with van der Waals surface area (Å²) in [5, 5.41) is 2.15. The Hall–Kier alpha value is -6.59. The molecule has 9 rings (SSSR count). The molecule has 0 saturated carbocycles. The maximum absolute atomic E-state index is 6.67. The van der Waals surface area contributed by atoms with Crippen LogP contribution in [0.3, 0.4) is 0 Å². The van der Waals surface area contributed by atoms with Gasteiger partial charge in [0.2, 0.25) is 5.89 Å². The third-order valence-electron chi connectivity index (χ3n) is 8.64. The first kappa shape index (κ1) is 27.7. The number of anilines is 6. The Labute approximate surface area is 277 Å². The van der Waals surface area contributed by atoms with Gasteiger partial charge >= 0.3 is 0 Å². The van der Waals surface area contributed by atoms with E-state index in [1.54, 1.807) is 0 Å². The van der Waals surface area contributed by atoms with Crippen LogP contribution in [0.5, 0.6) is 0 Å². The topological polar surface area (TPSA) is 45.7 Å². The van der Waals surface area contributed by atoms with Gasteiger partial charge in [0, 0.05) is 39.1 Å². The van der Waals surface area contributed by atoms with Crippen molar-refractivity contribution >= 4 is 67.2 Å². The van der Waals surface area contributed by atoms with Crippen LogP contribution >= 0.6 is 0 Å². The number of hydrogen-bond acceptors (Lipinski definition) is 5. The molecule has 0 radical (unpaired) electrons. The second-order valence-corrected chi connectivity index (χ2v) is 11.7. The van der Waals surface area contributed by atoms with Gasteiger partial charge in [0.25, 0.3) is 0 Å². The SMILES string of the molecule is c1ccc(-c2nc3cc(N(c4ccccc4)c4ccc5oc6ccccc6c5c4)cc(N(c4ccccc4)c4ccccc4)c3o2)cc1. The van der Waals surface area contributed by atoms with Gasteiger partial charge in [-0.15, -0.1) is 0 Å². The van der Waals surface area contributed by atoms with Crippen molar-refractivity contribution in [1.29, 1.82) is 0 Å². The molecule has 2 heterocycles. The molecule has 0 spiro atoms. The number of hydrogen-bond donors (Lipinski definition) is 0. The van der Waals surface area contributed by atoms with Crippen molar-refractivity contribution in [3.63, 3.8) is 0 Å². The van der Waals surface area contributed by atoms with Gasteiger partial charge in [-0.2, -0.15) is 0 Å². The summed E-state index contributed by atoms with van der Waals surface area (Å²) in [7, 11) is 0. The van der Waals surface area contributed by atoms with E-state index < -0.39 is 0 Å². The van der Waals surface area contributed by atoms with E-state index in [9.17, 15) is 0 Å². The van der Waals surface area contributed by atoms with Gasteiger partial charge in [0.05, 0.1) is 11.4 Å². The van der Waals surface area contributed by atoms with E-state index in [-0.39, 0.29) is 0 Å². The van der Waals surface area contributed by atoms with Crippen LogP contribution in [0.4, 0.5) is 34.1 Å². The molecule has 0 amide bonds. The molecular weight excluding hydrogens is 590 g/mol. The van der Waals surface area contributed by atoms with Gasteiger partial charge in [0.15, 0.2) is 5.58 Å². The number of oxazole rings is 1. The first-order valence-electron chi connectivity index (χ1n) is 16.0. The van der Waals surface area contributed by atoms with Gasteiger partial charge < -0.3 is 18.6 Å². The molecule has 5 nitrogen and oxygen atoms in total. The maximum atomic E-state index is 6.67. The molecule has 5 heteroatoms. The first-order chi connectivity index (χ1) is 23.8. The van der Waals surface area contributed by atoms with Crippen molar-refractivity contribution in [3.8, 4) is 11.5 Å². The summed E-state index contributed by atoms with van der Waals surface area (Å²) in [6, 6.07) is 60.2. The van der Waals surface area contributed by atoms with Crippen molar-refractivity contribution in [3.05, 3.63) is 176 Å². The number of nitrogens with zero attached hydrogens (tertiary/aromatic N) is 3. The number of benzene rings is 7. The number of furan rings is 1. The largest absolute Gasteiger partial charge is 0.456 e. The van der Waals surface area contributed by atoms with E-state index >= 15 is 0 Å². The minimum atomic E-state index is 0.572. The molecule has 0 N–H and O–H groups in total. The van der Waals surface area contributed by atoms with E-state index in [4.69, 9.17) is 13.8 Å². The molecule has 2 aromatic heterocycles. The van der Waals surface area contributed by atoms with Crippen LogP contribution < -0.4 is 9.80 Å². The van der Waals surface area contributed by atoms with Crippen molar-refractivity contribution < 1.29 is 8.83 Å². The Kier molecular flexibility index (Phi) is 6.72. The Morgan fingerprint density at radius 3 is 1.62 bits per heavy atom. The van der Waals surface area contributed by atoms with Crippen LogP contribution in [0.15, 0.2) is 185 Å². The Balaban J connectivity index is 1.33. The summed E-state index contributed by atoms with van der Waals surface area (Å²) in [6.45, 7) is 0. The third-order valence-corrected chi connectivity index (χ3v) is 8.64. The Morgan fingerprint density at radius 1 is 0.396 bits per heavy atom. The van der Waals surface area contributed by atoms with E-state index in [0.717, 1.165) is 67.1 Å². The van der Waals surface area contributed by atoms with Crippen LogP contribution in [0.2, 0.25) is 0 Å². The fraction of sp³-hybridized carbons (Fsp3) is 0. The van der Waals surface area contributed by atoms with Crippen molar-refractivity contribution in [1.82, 2.24) is 4.98 Å². The number of para-hydroxylation sites is 4. The van der Waals surface area contributed by atoms with E-state index in [0.29, 0.717) is 11.5 Å². The standard InChI is InChI=1S/C43H29N3O2/c1-5-15-30(16-6-1)43-44-38-28-35(29-39(42(38)48-43)46(32-19-9-3-10-20-32)33-21-11-4-12-22-33)45(31-17-7-2-8-18-31)34-25-26-41-37(27-34)36-23-13-14-24-40(36)47-41/h1-29H. The highest BCUT2D eigenvalue weighted by molar-refractivity contribution is 6.07. The highest BCUT2D eigenvalue weighted by Gasteiger charge is 2.24. The molecule has 7 aromatic carbocycles. The first-order valence-corrected chi connectivity index (χ1v) is 16.0. The fourth-order valence-electron chi connectivity index (χ4n) is 6.46. The van der Waals surface area contributed by atoms with E-state index in [1.807, 2.05) is 60.7 Å². The average molecular weight is 620 g/mol. The molecule has 0 unspecified atom stereocenters. The molecule has 0 aliphatic heterocycles. The highest BCUT2D eigenvalue weighted by atomic mass is 16.3. The van der Waals surface area contributed by atoms with Crippen molar-refractivity contribution in [2.45, 2.75) is 0 Å². The molecule has 0 aliphatic carbocycles. The van der Waals surface area contributed by atoms with Crippen LogP contribution in [0.25, 0.3) is 44.5 Å². The molecular formula is C43H29N3O2. The molecule has 0 atom stereocenters. The Bertz CT molecular complexity index is 2470. The second-order valence-electron chi connectivity index (χ2n) is 11.7. The van der Waals surface area contributed by atoms with Gasteiger partial charge in [-0.05, 0) is 84.9 Å². The predicted molar refractivity (Wildman–Crippen MR) is 196 cm³/mol. The predicted octanol–water partition coefficient (Wildman–Crippen LogP) is 12.3. The summed E-state index contributed by atoms with van der Waals surface area (Å²) in [4.78, 5) is 9.60. The number of fused-ring (bicyclic) bond motifs is 4. The van der Waals surface area contributed by atoms with Gasteiger partial charge in [-0.25, -0.2) is 4.98 Å². The number of rotatable bonds is 7. The number of aromatic nitrogens is 1. The fourth-order valence-corrected chi connectivity index (χ4v) is 6.46. The lowest BCUT2D eigenvalue weighted by Crippen LogP contribution is -2.13. The molecule has 0 fully saturated rings. The maximum Gasteiger partial charge on any atom is 0.227 e. The third kappa shape index (κ3) is 4.86. The van der Waals surface area contributed by atoms with Crippen LogP contribution in [0.1, 0.15) is 0 Å².